The molecule has 0 bridgehead atoms. The van der Waals surface area contributed by atoms with Crippen molar-refractivity contribution in [3.8, 4) is 0 Å². The van der Waals surface area contributed by atoms with Gasteiger partial charge < -0.3 is 9.52 Å². The van der Waals surface area contributed by atoms with Gasteiger partial charge in [0.15, 0.2) is 0 Å². The lowest BCUT2D eigenvalue weighted by Gasteiger charge is -2.12. The van der Waals surface area contributed by atoms with Crippen molar-refractivity contribution >= 4 is 26.7 Å². The molecule has 0 saturated heterocycles. The Balaban J connectivity index is 1.87. The van der Waals surface area contributed by atoms with E-state index in [-0.39, 0.29) is 28.6 Å². The first kappa shape index (κ1) is 18.8. The summed E-state index contributed by atoms with van der Waals surface area (Å²) in [4.78, 5) is 14.5. The molecule has 1 N–H and O–H groups in total. The van der Waals surface area contributed by atoms with Gasteiger partial charge in [0.2, 0.25) is 0 Å². The van der Waals surface area contributed by atoms with E-state index in [0.29, 0.717) is 11.0 Å². The molecule has 1 atom stereocenters. The smallest absolute Gasteiger partial charge is 0.270 e. The largest absolute Gasteiger partial charge is 0.467 e. The molecule has 0 spiro atoms. The normalized spacial score (nSPS) is 12.9. The summed E-state index contributed by atoms with van der Waals surface area (Å²) in [7, 11) is -4.22. The van der Waals surface area contributed by atoms with Crippen LogP contribution < -0.4 is 0 Å². The van der Waals surface area contributed by atoms with E-state index in [4.69, 9.17) is 4.42 Å². The molecule has 0 aliphatic carbocycles. The van der Waals surface area contributed by atoms with Crippen LogP contribution in [-0.2, 0) is 16.4 Å². The molecule has 2 aromatic heterocycles. The molecule has 0 radical (unpaired) electrons. The first-order valence-electron chi connectivity index (χ1n) is 8.56. The van der Waals surface area contributed by atoms with Crippen molar-refractivity contribution in [2.24, 2.45) is 0 Å². The number of para-hydroxylation sites is 2. The average molecular weight is 413 g/mol. The van der Waals surface area contributed by atoms with E-state index in [1.165, 1.54) is 24.5 Å². The SMILES string of the molecule is O=[N+]([O-])c1cccc(S(=O)(=O)n2c(CC(O)c3ccco3)nc3ccccc32)c1. The van der Waals surface area contributed by atoms with E-state index < -0.39 is 21.1 Å². The van der Waals surface area contributed by atoms with Crippen LogP contribution in [0.3, 0.4) is 0 Å². The molecular formula is C19H15N3O6S. The summed E-state index contributed by atoms with van der Waals surface area (Å²) in [6.07, 6.45) is 0.165. The Labute approximate surface area is 165 Å². The van der Waals surface area contributed by atoms with Gasteiger partial charge in [-0.25, -0.2) is 17.4 Å². The van der Waals surface area contributed by atoms with Crippen molar-refractivity contribution in [1.29, 1.82) is 0 Å². The zero-order valence-corrected chi connectivity index (χ0v) is 15.7. The fourth-order valence-corrected chi connectivity index (χ4v) is 4.61. The van der Waals surface area contributed by atoms with Gasteiger partial charge in [-0.3, -0.25) is 10.1 Å². The highest BCUT2D eigenvalue weighted by Crippen LogP contribution is 2.28. The Morgan fingerprint density at radius 2 is 1.93 bits per heavy atom. The van der Waals surface area contributed by atoms with Crippen LogP contribution in [0.15, 0.2) is 76.2 Å². The summed E-state index contributed by atoms with van der Waals surface area (Å²) >= 11 is 0. The lowest BCUT2D eigenvalue weighted by Crippen LogP contribution is -2.18. The number of hydrogen-bond donors (Lipinski definition) is 1. The van der Waals surface area contributed by atoms with Gasteiger partial charge in [-0.1, -0.05) is 18.2 Å². The number of benzene rings is 2. The topological polar surface area (TPSA) is 128 Å². The number of hydrogen-bond acceptors (Lipinski definition) is 7. The van der Waals surface area contributed by atoms with Crippen LogP contribution >= 0.6 is 0 Å². The molecule has 148 valence electrons. The quantitative estimate of drug-likeness (QED) is 0.380. The van der Waals surface area contributed by atoms with Gasteiger partial charge in [-0.05, 0) is 30.3 Å². The minimum atomic E-state index is -4.22. The van der Waals surface area contributed by atoms with E-state index in [1.54, 1.807) is 36.4 Å². The van der Waals surface area contributed by atoms with Gasteiger partial charge in [-0.2, -0.15) is 0 Å². The van der Waals surface area contributed by atoms with Gasteiger partial charge >= 0.3 is 0 Å². The van der Waals surface area contributed by atoms with Crippen molar-refractivity contribution < 1.29 is 22.9 Å². The highest BCUT2D eigenvalue weighted by atomic mass is 32.2. The fraction of sp³-hybridized carbons (Fsp3) is 0.105. The third kappa shape index (κ3) is 3.39. The van der Waals surface area contributed by atoms with Crippen molar-refractivity contribution in [3.63, 3.8) is 0 Å². The van der Waals surface area contributed by atoms with Crippen LogP contribution in [0.2, 0.25) is 0 Å². The van der Waals surface area contributed by atoms with Crippen LogP contribution in [0.25, 0.3) is 11.0 Å². The van der Waals surface area contributed by atoms with Gasteiger partial charge in [0.25, 0.3) is 15.7 Å². The molecule has 4 aromatic rings. The number of rotatable bonds is 6. The Morgan fingerprint density at radius 1 is 1.14 bits per heavy atom. The number of furan rings is 1. The molecule has 4 rings (SSSR count). The van der Waals surface area contributed by atoms with Gasteiger partial charge in [-0.15, -0.1) is 0 Å². The maximum atomic E-state index is 13.4. The van der Waals surface area contributed by atoms with Crippen molar-refractivity contribution in [3.05, 3.63) is 88.6 Å². The molecule has 2 heterocycles. The van der Waals surface area contributed by atoms with Crippen LogP contribution in [-0.4, -0.2) is 27.4 Å². The zero-order valence-electron chi connectivity index (χ0n) is 14.9. The second-order valence-electron chi connectivity index (χ2n) is 6.28. The second kappa shape index (κ2) is 7.15. The van der Waals surface area contributed by atoms with Crippen molar-refractivity contribution in [1.82, 2.24) is 8.96 Å². The lowest BCUT2D eigenvalue weighted by molar-refractivity contribution is -0.385. The van der Waals surface area contributed by atoms with E-state index in [9.17, 15) is 23.6 Å². The van der Waals surface area contributed by atoms with Crippen LogP contribution in [0.5, 0.6) is 0 Å². The molecule has 1 unspecified atom stereocenters. The van der Waals surface area contributed by atoms with Crippen molar-refractivity contribution in [2.75, 3.05) is 0 Å². The third-order valence-corrected chi connectivity index (χ3v) is 6.14. The first-order valence-corrected chi connectivity index (χ1v) is 10.00. The Hall–Kier alpha value is -3.50. The van der Waals surface area contributed by atoms with Gasteiger partial charge in [0, 0.05) is 18.6 Å². The van der Waals surface area contributed by atoms with Gasteiger partial charge in [0.1, 0.15) is 17.7 Å². The fourth-order valence-electron chi connectivity index (χ4n) is 3.07. The van der Waals surface area contributed by atoms with Gasteiger partial charge in [0.05, 0.1) is 27.1 Å². The summed E-state index contributed by atoms with van der Waals surface area (Å²) in [5.74, 6) is 0.359. The molecule has 0 amide bonds. The summed E-state index contributed by atoms with van der Waals surface area (Å²) in [6.45, 7) is 0. The molecule has 2 aromatic carbocycles. The predicted octanol–water partition coefficient (Wildman–Crippen LogP) is 3.05. The van der Waals surface area contributed by atoms with Crippen LogP contribution in [0, 0.1) is 10.1 Å². The maximum absolute atomic E-state index is 13.4. The summed E-state index contributed by atoms with van der Waals surface area (Å²) in [5, 5.41) is 21.5. The number of aliphatic hydroxyl groups is 1. The number of non-ortho nitro benzene ring substituents is 1. The minimum Gasteiger partial charge on any atom is -0.467 e. The molecule has 0 fully saturated rings. The highest BCUT2D eigenvalue weighted by molar-refractivity contribution is 7.90. The number of fused-ring (bicyclic) bond motifs is 1. The summed E-state index contributed by atoms with van der Waals surface area (Å²) in [5.41, 5.74) is 0.386. The van der Waals surface area contributed by atoms with Crippen LogP contribution in [0.1, 0.15) is 17.7 Å². The number of imidazole rings is 1. The highest BCUT2D eigenvalue weighted by Gasteiger charge is 2.27. The number of aliphatic hydroxyl groups excluding tert-OH is 1. The average Bonchev–Trinajstić information content (AvgIpc) is 3.36. The number of nitro groups is 1. The standard InChI is InChI=1S/C19H15N3O6S/c23-17(18-9-4-10-28-18)12-19-20-15-7-1-2-8-16(15)21(19)29(26,27)14-6-3-5-13(11-14)22(24)25/h1-11,17,23H,12H2. The second-order valence-corrected chi connectivity index (χ2v) is 8.06. The van der Waals surface area contributed by atoms with Crippen molar-refractivity contribution in [2.45, 2.75) is 17.4 Å². The molecule has 9 nitrogen and oxygen atoms in total. The lowest BCUT2D eigenvalue weighted by atomic mass is 10.2. The maximum Gasteiger partial charge on any atom is 0.270 e. The molecule has 10 heteroatoms. The number of nitro benzene ring substituents is 1. The summed E-state index contributed by atoms with van der Waals surface area (Å²) < 4.78 is 32.9. The molecule has 0 saturated carbocycles. The molecule has 0 aliphatic heterocycles. The van der Waals surface area contributed by atoms with E-state index in [2.05, 4.69) is 4.98 Å². The predicted molar refractivity (Wildman–Crippen MR) is 103 cm³/mol. The Kier molecular flexibility index (Phi) is 4.65. The van der Waals surface area contributed by atoms with E-state index in [1.807, 2.05) is 0 Å². The molecule has 0 aliphatic rings. The van der Waals surface area contributed by atoms with E-state index >= 15 is 0 Å². The number of aromatic nitrogens is 2. The Bertz CT molecular complexity index is 1290. The minimum absolute atomic E-state index is 0.0848. The summed E-state index contributed by atoms with van der Waals surface area (Å²) in [6, 6.07) is 14.6. The monoisotopic (exact) mass is 413 g/mol. The Morgan fingerprint density at radius 3 is 2.66 bits per heavy atom. The first-order chi connectivity index (χ1) is 13.9. The number of nitrogens with zero attached hydrogens (tertiary/aromatic N) is 3. The molecular weight excluding hydrogens is 398 g/mol. The third-order valence-electron chi connectivity index (χ3n) is 4.40. The van der Waals surface area contributed by atoms with E-state index in [0.717, 1.165) is 10.0 Å². The van der Waals surface area contributed by atoms with Crippen LogP contribution in [0.4, 0.5) is 5.69 Å². The zero-order chi connectivity index (χ0) is 20.6. The molecule has 29 heavy (non-hydrogen) atoms.